The van der Waals surface area contributed by atoms with E-state index in [9.17, 15) is 19.1 Å². The molecular formula is C25H28FN3O4S. The van der Waals surface area contributed by atoms with E-state index >= 15 is 0 Å². The van der Waals surface area contributed by atoms with Gasteiger partial charge in [-0.15, -0.1) is 11.8 Å². The first-order valence-electron chi connectivity index (χ1n) is 10.7. The van der Waals surface area contributed by atoms with Crippen molar-refractivity contribution in [2.45, 2.75) is 43.9 Å². The molecule has 0 atom stereocenters. The van der Waals surface area contributed by atoms with E-state index in [1.807, 2.05) is 28.8 Å². The Morgan fingerprint density at radius 1 is 1.18 bits per heavy atom. The summed E-state index contributed by atoms with van der Waals surface area (Å²) in [4.78, 5) is 29.9. The molecule has 0 unspecified atom stereocenters. The lowest BCUT2D eigenvalue weighted by Crippen LogP contribution is -2.26. The first kappa shape index (κ1) is 25.5. The number of anilines is 1. The number of methoxy groups -OCH3 is 1. The maximum atomic E-state index is 13.7. The van der Waals surface area contributed by atoms with E-state index in [0.29, 0.717) is 30.4 Å². The van der Waals surface area contributed by atoms with Crippen LogP contribution in [0.5, 0.6) is 0 Å². The Balaban J connectivity index is 1.94. The number of carbonyl (C=O) groups excluding carboxylic acids is 1. The van der Waals surface area contributed by atoms with Crippen LogP contribution in [-0.4, -0.2) is 45.0 Å². The highest BCUT2D eigenvalue weighted by atomic mass is 32.2. The number of imidazole rings is 1. The second kappa shape index (κ2) is 10.4. The molecule has 7 nitrogen and oxygen atoms in total. The summed E-state index contributed by atoms with van der Waals surface area (Å²) in [6.45, 7) is 7.81. The molecule has 2 aromatic carbocycles. The first-order valence-corrected chi connectivity index (χ1v) is 11.5. The molecule has 3 aromatic rings. The monoisotopic (exact) mass is 485 g/mol. The van der Waals surface area contributed by atoms with Gasteiger partial charge in [-0.05, 0) is 57.5 Å². The maximum Gasteiger partial charge on any atom is 0.319 e. The van der Waals surface area contributed by atoms with Gasteiger partial charge in [0.1, 0.15) is 22.1 Å². The molecule has 0 aliphatic rings. The van der Waals surface area contributed by atoms with E-state index in [4.69, 9.17) is 4.74 Å². The summed E-state index contributed by atoms with van der Waals surface area (Å²) in [5, 5.41) is 12.1. The number of hydrogen-bond donors (Lipinski definition) is 2. The van der Waals surface area contributed by atoms with Gasteiger partial charge in [-0.1, -0.05) is 18.2 Å². The topological polar surface area (TPSA) is 93.4 Å². The zero-order valence-electron chi connectivity index (χ0n) is 19.8. The number of thioether (sulfide) groups is 1. The van der Waals surface area contributed by atoms with Gasteiger partial charge in [0.2, 0.25) is 0 Å². The number of carbonyl (C=O) groups is 2. The van der Waals surface area contributed by atoms with Crippen LogP contribution in [0.25, 0.3) is 11.4 Å². The highest BCUT2D eigenvalue weighted by Gasteiger charge is 2.28. The molecule has 2 N–H and O–H groups in total. The summed E-state index contributed by atoms with van der Waals surface area (Å²) in [6, 6.07) is 11.6. The zero-order chi connectivity index (χ0) is 25.0. The van der Waals surface area contributed by atoms with Crippen molar-refractivity contribution in [1.82, 2.24) is 9.55 Å². The van der Waals surface area contributed by atoms with Gasteiger partial charge in [-0.3, -0.25) is 9.59 Å². The zero-order valence-corrected chi connectivity index (χ0v) is 20.6. The predicted octanol–water partition coefficient (Wildman–Crippen LogP) is 5.16. The molecule has 0 aliphatic heterocycles. The fourth-order valence-electron chi connectivity index (χ4n) is 3.35. The Kier molecular flexibility index (Phi) is 7.78. The van der Waals surface area contributed by atoms with Gasteiger partial charge in [0, 0.05) is 35.5 Å². The molecule has 0 saturated heterocycles. The number of rotatable bonds is 9. The molecule has 1 amide bonds. The standard InChI is InChI=1S/C25H28FN3O4S/c1-15-6-9-18(26)14-20(15)27-23(30)21-16(2)29(12-13-33-5)22(28-21)17-7-10-19(11-8-17)34-25(3,4)24(31)32/h6-11,14H,12-13H2,1-5H3,(H,27,30)(H,31,32). The number of ether oxygens (including phenoxy) is 1. The maximum absolute atomic E-state index is 13.7. The van der Waals surface area contributed by atoms with E-state index in [2.05, 4.69) is 10.3 Å². The fourth-order valence-corrected chi connectivity index (χ4v) is 4.29. The molecule has 1 heterocycles. The Hall–Kier alpha value is -3.17. The number of nitrogens with zero attached hydrogens (tertiary/aromatic N) is 2. The molecule has 34 heavy (non-hydrogen) atoms. The first-order chi connectivity index (χ1) is 16.0. The van der Waals surface area contributed by atoms with Crippen LogP contribution in [0, 0.1) is 19.7 Å². The summed E-state index contributed by atoms with van der Waals surface area (Å²) in [5.41, 5.74) is 2.80. The van der Waals surface area contributed by atoms with Gasteiger partial charge in [-0.25, -0.2) is 9.37 Å². The van der Waals surface area contributed by atoms with Crippen molar-refractivity contribution in [1.29, 1.82) is 0 Å². The van der Waals surface area contributed by atoms with Crippen LogP contribution >= 0.6 is 11.8 Å². The highest BCUT2D eigenvalue weighted by Crippen LogP contribution is 2.34. The predicted molar refractivity (Wildman–Crippen MR) is 131 cm³/mol. The largest absolute Gasteiger partial charge is 0.480 e. The Labute approximate surface area is 202 Å². The van der Waals surface area contributed by atoms with Crippen molar-refractivity contribution < 1.29 is 23.8 Å². The highest BCUT2D eigenvalue weighted by molar-refractivity contribution is 8.01. The molecule has 1 aromatic heterocycles. The third kappa shape index (κ3) is 5.66. The number of hydrogen-bond acceptors (Lipinski definition) is 5. The number of aromatic nitrogens is 2. The smallest absolute Gasteiger partial charge is 0.319 e. The third-order valence-electron chi connectivity index (χ3n) is 5.40. The van der Waals surface area contributed by atoms with Gasteiger partial charge in [-0.2, -0.15) is 0 Å². The summed E-state index contributed by atoms with van der Waals surface area (Å²) in [5.74, 6) is -1.17. The summed E-state index contributed by atoms with van der Waals surface area (Å²) >= 11 is 1.25. The SMILES string of the molecule is COCCn1c(-c2ccc(SC(C)(C)C(=O)O)cc2)nc(C(=O)Nc2cc(F)ccc2C)c1C. The van der Waals surface area contributed by atoms with E-state index in [-0.39, 0.29) is 5.69 Å². The van der Waals surface area contributed by atoms with Crippen molar-refractivity contribution >= 4 is 29.3 Å². The van der Waals surface area contributed by atoms with Crippen LogP contribution in [0.3, 0.4) is 0 Å². The lowest BCUT2D eigenvalue weighted by Gasteiger charge is -2.18. The molecule has 0 radical (unpaired) electrons. The molecule has 180 valence electrons. The average Bonchev–Trinajstić information content (AvgIpc) is 3.11. The molecule has 0 spiro atoms. The van der Waals surface area contributed by atoms with Gasteiger partial charge >= 0.3 is 5.97 Å². The van der Waals surface area contributed by atoms with Crippen molar-refractivity contribution in [3.05, 3.63) is 65.2 Å². The number of benzene rings is 2. The molecule has 3 rings (SSSR count). The number of amides is 1. The quantitative estimate of drug-likeness (QED) is 0.407. The second-order valence-electron chi connectivity index (χ2n) is 8.37. The van der Waals surface area contributed by atoms with Crippen LogP contribution in [0.2, 0.25) is 0 Å². The number of halogens is 1. The average molecular weight is 486 g/mol. The minimum atomic E-state index is -0.963. The van der Waals surface area contributed by atoms with Crippen molar-refractivity contribution in [2.24, 2.45) is 0 Å². The molecule has 0 fully saturated rings. The lowest BCUT2D eigenvalue weighted by atomic mass is 10.2. The Morgan fingerprint density at radius 3 is 2.47 bits per heavy atom. The van der Waals surface area contributed by atoms with Crippen molar-refractivity contribution in [3.63, 3.8) is 0 Å². The van der Waals surface area contributed by atoms with Crippen molar-refractivity contribution in [2.75, 3.05) is 19.0 Å². The summed E-state index contributed by atoms with van der Waals surface area (Å²) in [7, 11) is 1.60. The molecule has 0 aliphatic carbocycles. The van der Waals surface area contributed by atoms with Gasteiger partial charge < -0.3 is 19.7 Å². The third-order valence-corrected chi connectivity index (χ3v) is 6.60. The van der Waals surface area contributed by atoms with Gasteiger partial charge in [0.05, 0.1) is 6.61 Å². The Bertz CT molecular complexity index is 1210. The van der Waals surface area contributed by atoms with E-state index < -0.39 is 22.4 Å². The summed E-state index contributed by atoms with van der Waals surface area (Å²) in [6.07, 6.45) is 0. The van der Waals surface area contributed by atoms with Crippen LogP contribution in [0.4, 0.5) is 10.1 Å². The second-order valence-corrected chi connectivity index (χ2v) is 10.1. The number of nitrogens with one attached hydrogen (secondary N) is 1. The molecule has 0 saturated carbocycles. The molecular weight excluding hydrogens is 457 g/mol. The van der Waals surface area contributed by atoms with Crippen LogP contribution in [-0.2, 0) is 16.1 Å². The molecule has 0 bridgehead atoms. The fraction of sp³-hybridized carbons (Fsp3) is 0.320. The number of aryl methyl sites for hydroxylation is 1. The Morgan fingerprint density at radius 2 is 1.85 bits per heavy atom. The minimum Gasteiger partial charge on any atom is -0.480 e. The van der Waals surface area contributed by atoms with Crippen molar-refractivity contribution in [3.8, 4) is 11.4 Å². The number of carboxylic acids is 1. The number of carboxylic acid groups (broad SMARTS) is 1. The van der Waals surface area contributed by atoms with E-state index in [1.54, 1.807) is 40.9 Å². The molecule has 9 heteroatoms. The van der Waals surface area contributed by atoms with E-state index in [0.717, 1.165) is 16.0 Å². The van der Waals surface area contributed by atoms with Crippen LogP contribution in [0.15, 0.2) is 47.4 Å². The summed E-state index contributed by atoms with van der Waals surface area (Å²) < 4.78 is 19.8. The lowest BCUT2D eigenvalue weighted by molar-refractivity contribution is -0.138. The van der Waals surface area contributed by atoms with Gasteiger partial charge in [0.15, 0.2) is 0 Å². The number of aliphatic carboxylic acids is 1. The van der Waals surface area contributed by atoms with Gasteiger partial charge in [0.25, 0.3) is 5.91 Å². The van der Waals surface area contributed by atoms with Crippen LogP contribution in [0.1, 0.15) is 35.6 Å². The van der Waals surface area contributed by atoms with Crippen LogP contribution < -0.4 is 5.32 Å². The van der Waals surface area contributed by atoms with E-state index in [1.165, 1.54) is 23.9 Å². The minimum absolute atomic E-state index is 0.236. The normalized spacial score (nSPS) is 11.5.